The van der Waals surface area contributed by atoms with Gasteiger partial charge in [-0.2, -0.15) is 0 Å². The number of halogens is 2. The fraction of sp³-hybridized carbons (Fsp3) is 0.571. The van der Waals surface area contributed by atoms with Crippen molar-refractivity contribution < 1.29 is 8.78 Å². The van der Waals surface area contributed by atoms with E-state index in [9.17, 15) is 8.78 Å². The molecule has 1 heterocycles. The highest BCUT2D eigenvalue weighted by atomic mass is 19.1. The molecule has 2 atom stereocenters. The lowest BCUT2D eigenvalue weighted by atomic mass is 10.1. The molecule has 2 nitrogen and oxygen atoms in total. The van der Waals surface area contributed by atoms with Gasteiger partial charge in [0.1, 0.15) is 11.6 Å². The molecule has 0 saturated carbocycles. The van der Waals surface area contributed by atoms with Gasteiger partial charge in [0.05, 0.1) is 0 Å². The van der Waals surface area contributed by atoms with Crippen LogP contribution in [0.2, 0.25) is 0 Å². The Morgan fingerprint density at radius 2 is 2.22 bits per heavy atom. The number of likely N-dealkylation sites (N-methyl/N-ethyl adjacent to an activating group) is 1. The smallest absolute Gasteiger partial charge is 0.130 e. The SMILES string of the molecule is CC(c1ccc(F)cc1F)N(C)CC1CCCN1. The second kappa shape index (κ2) is 5.76. The number of nitrogens with zero attached hydrogens (tertiary/aromatic N) is 1. The Morgan fingerprint density at radius 3 is 2.83 bits per heavy atom. The Morgan fingerprint density at radius 1 is 1.44 bits per heavy atom. The van der Waals surface area contributed by atoms with Crippen LogP contribution in [-0.4, -0.2) is 31.1 Å². The summed E-state index contributed by atoms with van der Waals surface area (Å²) >= 11 is 0. The van der Waals surface area contributed by atoms with E-state index in [1.807, 2.05) is 14.0 Å². The van der Waals surface area contributed by atoms with Crippen LogP contribution in [0.4, 0.5) is 8.78 Å². The Balaban J connectivity index is 2.02. The highest BCUT2D eigenvalue weighted by Gasteiger charge is 2.21. The van der Waals surface area contributed by atoms with Crippen molar-refractivity contribution in [2.75, 3.05) is 20.1 Å². The predicted octanol–water partition coefficient (Wildman–Crippen LogP) is 2.71. The number of hydrogen-bond acceptors (Lipinski definition) is 2. The average molecular weight is 254 g/mol. The van der Waals surface area contributed by atoms with Crippen molar-refractivity contribution in [3.8, 4) is 0 Å². The first-order valence-corrected chi connectivity index (χ1v) is 6.46. The quantitative estimate of drug-likeness (QED) is 0.888. The third-order valence-electron chi connectivity index (χ3n) is 3.74. The molecule has 0 spiro atoms. The van der Waals surface area contributed by atoms with Gasteiger partial charge in [-0.25, -0.2) is 8.78 Å². The van der Waals surface area contributed by atoms with Crippen LogP contribution in [0, 0.1) is 11.6 Å². The second-order valence-corrected chi connectivity index (χ2v) is 5.07. The standard InChI is InChI=1S/C14H20F2N2/c1-10(13-6-5-11(15)8-14(13)16)18(2)9-12-4-3-7-17-12/h5-6,8,10,12,17H,3-4,7,9H2,1-2H3. The van der Waals surface area contributed by atoms with E-state index in [1.54, 1.807) is 0 Å². The molecule has 1 saturated heterocycles. The zero-order chi connectivity index (χ0) is 13.1. The van der Waals surface area contributed by atoms with Crippen molar-refractivity contribution in [2.24, 2.45) is 0 Å². The first-order valence-electron chi connectivity index (χ1n) is 6.46. The molecule has 1 aliphatic rings. The van der Waals surface area contributed by atoms with E-state index in [2.05, 4.69) is 10.2 Å². The van der Waals surface area contributed by atoms with E-state index in [-0.39, 0.29) is 6.04 Å². The van der Waals surface area contributed by atoms with Gasteiger partial charge in [0, 0.05) is 30.3 Å². The van der Waals surface area contributed by atoms with Crippen LogP contribution < -0.4 is 5.32 Å². The summed E-state index contributed by atoms with van der Waals surface area (Å²) in [6.45, 7) is 3.90. The molecule has 1 aromatic carbocycles. The van der Waals surface area contributed by atoms with Crippen molar-refractivity contribution in [3.63, 3.8) is 0 Å². The van der Waals surface area contributed by atoms with Gasteiger partial charge in [-0.05, 0) is 39.4 Å². The van der Waals surface area contributed by atoms with Gasteiger partial charge in [0.2, 0.25) is 0 Å². The topological polar surface area (TPSA) is 15.3 Å². The molecule has 1 fully saturated rings. The molecule has 1 aliphatic heterocycles. The summed E-state index contributed by atoms with van der Waals surface area (Å²) < 4.78 is 26.6. The molecule has 1 aromatic rings. The van der Waals surface area contributed by atoms with Crippen LogP contribution in [0.5, 0.6) is 0 Å². The normalized spacial score (nSPS) is 21.5. The molecule has 0 aromatic heterocycles. The van der Waals surface area contributed by atoms with Gasteiger partial charge in [-0.15, -0.1) is 0 Å². The summed E-state index contributed by atoms with van der Waals surface area (Å²) in [6.07, 6.45) is 2.38. The van der Waals surface area contributed by atoms with E-state index >= 15 is 0 Å². The molecule has 100 valence electrons. The molecule has 0 radical (unpaired) electrons. The average Bonchev–Trinajstić information content (AvgIpc) is 2.81. The summed E-state index contributed by atoms with van der Waals surface area (Å²) in [5.74, 6) is -0.989. The number of nitrogens with one attached hydrogen (secondary N) is 1. The Kier molecular flexibility index (Phi) is 4.30. The van der Waals surface area contributed by atoms with Gasteiger partial charge in [-0.1, -0.05) is 6.07 Å². The van der Waals surface area contributed by atoms with E-state index in [1.165, 1.54) is 25.0 Å². The maximum atomic E-state index is 13.7. The number of hydrogen-bond donors (Lipinski definition) is 1. The van der Waals surface area contributed by atoms with Crippen molar-refractivity contribution in [3.05, 3.63) is 35.4 Å². The fourth-order valence-electron chi connectivity index (χ4n) is 2.50. The van der Waals surface area contributed by atoms with Crippen molar-refractivity contribution in [1.29, 1.82) is 0 Å². The number of benzene rings is 1. The first kappa shape index (κ1) is 13.4. The molecule has 0 aliphatic carbocycles. The molecular weight excluding hydrogens is 234 g/mol. The van der Waals surface area contributed by atoms with Crippen LogP contribution in [0.3, 0.4) is 0 Å². The monoisotopic (exact) mass is 254 g/mol. The molecule has 0 bridgehead atoms. The Hall–Kier alpha value is -1.00. The van der Waals surface area contributed by atoms with Crippen molar-refractivity contribution in [2.45, 2.75) is 31.8 Å². The molecule has 1 N–H and O–H groups in total. The van der Waals surface area contributed by atoms with Crippen LogP contribution in [0.1, 0.15) is 31.4 Å². The molecular formula is C14H20F2N2. The van der Waals surface area contributed by atoms with Crippen LogP contribution in [0.25, 0.3) is 0 Å². The van der Waals surface area contributed by atoms with Crippen molar-refractivity contribution in [1.82, 2.24) is 10.2 Å². The maximum absolute atomic E-state index is 13.7. The van der Waals surface area contributed by atoms with Gasteiger partial charge >= 0.3 is 0 Å². The van der Waals surface area contributed by atoms with Gasteiger partial charge in [0.25, 0.3) is 0 Å². The van der Waals surface area contributed by atoms with Crippen molar-refractivity contribution >= 4 is 0 Å². The van der Waals surface area contributed by atoms with E-state index in [0.717, 1.165) is 19.2 Å². The summed E-state index contributed by atoms with van der Waals surface area (Å²) in [6, 6.07) is 4.24. The lowest BCUT2D eigenvalue weighted by molar-refractivity contribution is 0.233. The minimum Gasteiger partial charge on any atom is -0.313 e. The molecule has 2 unspecified atom stereocenters. The largest absolute Gasteiger partial charge is 0.313 e. The molecule has 2 rings (SSSR count). The molecule has 0 amide bonds. The lowest BCUT2D eigenvalue weighted by Gasteiger charge is -2.28. The summed E-state index contributed by atoms with van der Waals surface area (Å²) in [5, 5.41) is 3.42. The predicted molar refractivity (Wildman–Crippen MR) is 68.4 cm³/mol. The minimum atomic E-state index is -0.524. The summed E-state index contributed by atoms with van der Waals surface area (Å²) in [7, 11) is 1.98. The first-order chi connectivity index (χ1) is 8.58. The fourth-order valence-corrected chi connectivity index (χ4v) is 2.50. The zero-order valence-corrected chi connectivity index (χ0v) is 10.9. The Labute approximate surface area is 107 Å². The highest BCUT2D eigenvalue weighted by molar-refractivity contribution is 5.21. The van der Waals surface area contributed by atoms with Crippen LogP contribution in [-0.2, 0) is 0 Å². The van der Waals surface area contributed by atoms with Crippen LogP contribution >= 0.6 is 0 Å². The van der Waals surface area contributed by atoms with E-state index < -0.39 is 11.6 Å². The summed E-state index contributed by atoms with van der Waals surface area (Å²) in [5.41, 5.74) is 0.553. The Bertz CT molecular complexity index is 403. The zero-order valence-electron chi connectivity index (χ0n) is 10.9. The molecule has 4 heteroatoms. The van der Waals surface area contributed by atoms with E-state index in [4.69, 9.17) is 0 Å². The molecule has 18 heavy (non-hydrogen) atoms. The third-order valence-corrected chi connectivity index (χ3v) is 3.74. The third kappa shape index (κ3) is 3.06. The maximum Gasteiger partial charge on any atom is 0.130 e. The van der Waals surface area contributed by atoms with E-state index in [0.29, 0.717) is 11.6 Å². The second-order valence-electron chi connectivity index (χ2n) is 5.07. The minimum absolute atomic E-state index is 0.0481. The van der Waals surface area contributed by atoms with Gasteiger partial charge in [0.15, 0.2) is 0 Å². The lowest BCUT2D eigenvalue weighted by Crippen LogP contribution is -2.36. The highest BCUT2D eigenvalue weighted by Crippen LogP contribution is 2.23. The summed E-state index contributed by atoms with van der Waals surface area (Å²) in [4.78, 5) is 2.11. The van der Waals surface area contributed by atoms with Crippen LogP contribution in [0.15, 0.2) is 18.2 Å². The number of rotatable bonds is 4. The van der Waals surface area contributed by atoms with Gasteiger partial charge < -0.3 is 5.32 Å². The van der Waals surface area contributed by atoms with Gasteiger partial charge in [-0.3, -0.25) is 4.90 Å².